The van der Waals surface area contributed by atoms with Crippen LogP contribution >= 0.6 is 11.6 Å². The summed E-state index contributed by atoms with van der Waals surface area (Å²) in [5.74, 6) is 0.406. The standard InChI is InChI=1S/C25H26ClNO3/c26-20-6-4-19(5-7-20)24-11-17-8-18(12-24)14-25(13-17,15-24)23(30)27-21-3-1-2-16(9-21)10-22(28)29/h1-7,9,17-18H,8,10-15H2,(H,27,30)(H,28,29). The Morgan fingerprint density at radius 2 is 1.73 bits per heavy atom. The molecule has 5 heteroatoms. The van der Waals surface area contributed by atoms with Crippen molar-refractivity contribution in [2.75, 3.05) is 5.32 Å². The van der Waals surface area contributed by atoms with Crippen LogP contribution in [0.3, 0.4) is 0 Å². The van der Waals surface area contributed by atoms with Crippen molar-refractivity contribution in [3.8, 4) is 0 Å². The number of benzene rings is 2. The van der Waals surface area contributed by atoms with Gasteiger partial charge in [-0.15, -0.1) is 0 Å². The largest absolute Gasteiger partial charge is 0.481 e. The van der Waals surface area contributed by atoms with Crippen molar-refractivity contribution in [3.63, 3.8) is 0 Å². The highest BCUT2D eigenvalue weighted by Gasteiger charge is 2.60. The van der Waals surface area contributed by atoms with Crippen molar-refractivity contribution < 1.29 is 14.7 Å². The Labute approximate surface area is 181 Å². The third kappa shape index (κ3) is 3.41. The zero-order valence-electron chi connectivity index (χ0n) is 16.9. The van der Waals surface area contributed by atoms with Gasteiger partial charge in [0.25, 0.3) is 0 Å². The molecule has 2 aromatic carbocycles. The first kappa shape index (κ1) is 19.6. The zero-order valence-corrected chi connectivity index (χ0v) is 17.6. The minimum atomic E-state index is -0.871. The van der Waals surface area contributed by atoms with E-state index >= 15 is 0 Å². The molecule has 0 saturated heterocycles. The minimum Gasteiger partial charge on any atom is -0.481 e. The van der Waals surface area contributed by atoms with Crippen molar-refractivity contribution in [3.05, 3.63) is 64.7 Å². The number of carbonyl (C=O) groups is 2. The fraction of sp³-hybridized carbons (Fsp3) is 0.440. The summed E-state index contributed by atoms with van der Waals surface area (Å²) in [5, 5.41) is 12.9. The normalized spacial score (nSPS) is 31.5. The van der Waals surface area contributed by atoms with E-state index in [2.05, 4.69) is 17.4 Å². The maximum atomic E-state index is 13.6. The summed E-state index contributed by atoms with van der Waals surface area (Å²) in [7, 11) is 0. The molecule has 2 atom stereocenters. The Hall–Kier alpha value is -2.33. The van der Waals surface area contributed by atoms with Gasteiger partial charge in [-0.1, -0.05) is 35.9 Å². The average molecular weight is 424 g/mol. The van der Waals surface area contributed by atoms with Gasteiger partial charge in [0.1, 0.15) is 0 Å². The quantitative estimate of drug-likeness (QED) is 0.672. The average Bonchev–Trinajstić information content (AvgIpc) is 2.67. The van der Waals surface area contributed by atoms with Crippen molar-refractivity contribution >= 4 is 29.2 Å². The first-order valence-electron chi connectivity index (χ1n) is 10.7. The van der Waals surface area contributed by atoms with Crippen molar-refractivity contribution in [2.45, 2.75) is 50.4 Å². The first-order chi connectivity index (χ1) is 14.4. The van der Waals surface area contributed by atoms with Gasteiger partial charge in [-0.05, 0) is 91.2 Å². The summed E-state index contributed by atoms with van der Waals surface area (Å²) in [6.07, 6.45) is 6.31. The molecule has 0 aromatic heterocycles. The lowest BCUT2D eigenvalue weighted by atomic mass is 9.42. The lowest BCUT2D eigenvalue weighted by Crippen LogP contribution is -2.57. The van der Waals surface area contributed by atoms with Gasteiger partial charge in [0, 0.05) is 10.7 Å². The van der Waals surface area contributed by atoms with E-state index in [1.165, 1.54) is 12.0 Å². The molecular weight excluding hydrogens is 398 g/mol. The number of carbonyl (C=O) groups excluding carboxylic acids is 1. The summed E-state index contributed by atoms with van der Waals surface area (Å²) in [6.45, 7) is 0. The molecule has 0 heterocycles. The van der Waals surface area contributed by atoms with E-state index in [0.717, 1.165) is 37.1 Å². The van der Waals surface area contributed by atoms with Crippen LogP contribution in [0.25, 0.3) is 0 Å². The van der Waals surface area contributed by atoms with E-state index < -0.39 is 5.97 Å². The van der Waals surface area contributed by atoms with Crippen LogP contribution in [-0.2, 0) is 21.4 Å². The molecule has 0 spiro atoms. The topological polar surface area (TPSA) is 66.4 Å². The van der Waals surface area contributed by atoms with E-state index in [4.69, 9.17) is 16.7 Å². The molecule has 4 saturated carbocycles. The van der Waals surface area contributed by atoms with E-state index in [-0.39, 0.29) is 23.2 Å². The molecule has 2 N–H and O–H groups in total. The number of rotatable bonds is 5. The van der Waals surface area contributed by atoms with Gasteiger partial charge < -0.3 is 10.4 Å². The SMILES string of the molecule is O=C(O)Cc1cccc(NC(=O)C23CC4CC(C2)CC(c2ccc(Cl)cc2)(C4)C3)c1. The summed E-state index contributed by atoms with van der Waals surface area (Å²) in [4.78, 5) is 24.6. The predicted octanol–water partition coefficient (Wildman–Crippen LogP) is 5.44. The monoisotopic (exact) mass is 423 g/mol. The molecule has 4 bridgehead atoms. The smallest absolute Gasteiger partial charge is 0.307 e. The summed E-state index contributed by atoms with van der Waals surface area (Å²) in [6, 6.07) is 15.5. The van der Waals surface area contributed by atoms with E-state index in [1.807, 2.05) is 24.3 Å². The Balaban J connectivity index is 1.42. The first-order valence-corrected chi connectivity index (χ1v) is 11.1. The third-order valence-corrected chi connectivity index (χ3v) is 7.79. The predicted molar refractivity (Wildman–Crippen MR) is 117 cm³/mol. The highest BCUT2D eigenvalue weighted by atomic mass is 35.5. The molecule has 4 aliphatic carbocycles. The zero-order chi connectivity index (χ0) is 20.9. The third-order valence-electron chi connectivity index (χ3n) is 7.54. The number of amides is 1. The minimum absolute atomic E-state index is 0.0430. The molecule has 4 fully saturated rings. The Bertz CT molecular complexity index is 986. The van der Waals surface area contributed by atoms with Crippen LogP contribution in [0.1, 0.15) is 49.7 Å². The number of halogens is 1. The molecule has 30 heavy (non-hydrogen) atoms. The van der Waals surface area contributed by atoms with Crippen LogP contribution in [-0.4, -0.2) is 17.0 Å². The number of nitrogens with one attached hydrogen (secondary N) is 1. The maximum Gasteiger partial charge on any atom is 0.307 e. The second kappa shape index (κ2) is 7.12. The highest BCUT2D eigenvalue weighted by Crippen LogP contribution is 2.66. The number of carboxylic acids is 1. The Morgan fingerprint density at radius 3 is 2.40 bits per heavy atom. The summed E-state index contributed by atoms with van der Waals surface area (Å²) >= 11 is 6.13. The Morgan fingerprint density at radius 1 is 1.03 bits per heavy atom. The number of hydrogen-bond acceptors (Lipinski definition) is 2. The van der Waals surface area contributed by atoms with Gasteiger partial charge in [-0.3, -0.25) is 9.59 Å². The molecule has 6 rings (SSSR count). The second-order valence-electron chi connectivity index (χ2n) is 9.75. The summed E-state index contributed by atoms with van der Waals surface area (Å²) in [5.41, 5.74) is 2.43. The van der Waals surface area contributed by atoms with Crippen LogP contribution in [0, 0.1) is 17.3 Å². The van der Waals surface area contributed by atoms with Crippen LogP contribution in [0.5, 0.6) is 0 Å². The van der Waals surface area contributed by atoms with E-state index in [9.17, 15) is 9.59 Å². The van der Waals surface area contributed by atoms with Crippen molar-refractivity contribution in [1.82, 2.24) is 0 Å². The Kier molecular flexibility index (Phi) is 4.66. The number of hydrogen-bond donors (Lipinski definition) is 2. The second-order valence-corrected chi connectivity index (χ2v) is 10.2. The number of carboxylic acid groups (broad SMARTS) is 1. The highest BCUT2D eigenvalue weighted by molar-refractivity contribution is 6.30. The summed E-state index contributed by atoms with van der Waals surface area (Å²) < 4.78 is 0. The lowest BCUT2D eigenvalue weighted by molar-refractivity contribution is -0.143. The molecule has 2 aromatic rings. The van der Waals surface area contributed by atoms with Crippen LogP contribution < -0.4 is 5.32 Å². The molecule has 4 nitrogen and oxygen atoms in total. The molecule has 2 unspecified atom stereocenters. The molecular formula is C25H26ClNO3. The van der Waals surface area contributed by atoms with Gasteiger partial charge in [0.15, 0.2) is 0 Å². The molecule has 4 aliphatic rings. The molecule has 156 valence electrons. The molecule has 1 amide bonds. The number of anilines is 1. The van der Waals surface area contributed by atoms with Crippen molar-refractivity contribution in [2.24, 2.45) is 17.3 Å². The molecule has 0 radical (unpaired) electrons. The fourth-order valence-electron chi connectivity index (χ4n) is 6.87. The van der Waals surface area contributed by atoms with Crippen LogP contribution in [0.2, 0.25) is 5.02 Å². The van der Waals surface area contributed by atoms with Gasteiger partial charge in [0.2, 0.25) is 5.91 Å². The molecule has 0 aliphatic heterocycles. The van der Waals surface area contributed by atoms with E-state index in [0.29, 0.717) is 23.1 Å². The van der Waals surface area contributed by atoms with Gasteiger partial charge in [-0.25, -0.2) is 0 Å². The lowest BCUT2D eigenvalue weighted by Gasteiger charge is -2.61. The van der Waals surface area contributed by atoms with Crippen molar-refractivity contribution in [1.29, 1.82) is 0 Å². The van der Waals surface area contributed by atoms with Crippen LogP contribution in [0.15, 0.2) is 48.5 Å². The fourth-order valence-corrected chi connectivity index (χ4v) is 6.99. The van der Waals surface area contributed by atoms with Gasteiger partial charge >= 0.3 is 5.97 Å². The maximum absolute atomic E-state index is 13.6. The number of aliphatic carboxylic acids is 1. The van der Waals surface area contributed by atoms with Gasteiger partial charge in [-0.2, -0.15) is 0 Å². The van der Waals surface area contributed by atoms with E-state index in [1.54, 1.807) is 12.1 Å². The van der Waals surface area contributed by atoms with Crippen LogP contribution in [0.4, 0.5) is 5.69 Å². The van der Waals surface area contributed by atoms with Gasteiger partial charge in [0.05, 0.1) is 11.8 Å².